The van der Waals surface area contributed by atoms with Crippen molar-refractivity contribution in [3.05, 3.63) is 83.0 Å². The van der Waals surface area contributed by atoms with Crippen LogP contribution in [0, 0.1) is 30.3 Å². The van der Waals surface area contributed by atoms with E-state index in [0.29, 0.717) is 0 Å². The first kappa shape index (κ1) is 16.3. The fourth-order valence-corrected chi connectivity index (χ4v) is 3.99. The smallest absolute Gasteiger partial charge is 0.456 e. The second-order valence-electron chi connectivity index (χ2n) is 4.75. The molecule has 0 saturated carbocycles. The van der Waals surface area contributed by atoms with E-state index >= 15 is 0 Å². The molecule has 25 heavy (non-hydrogen) atoms. The van der Waals surface area contributed by atoms with E-state index in [2.05, 4.69) is 0 Å². The van der Waals surface area contributed by atoms with Gasteiger partial charge in [0.05, 0.1) is 10.8 Å². The summed E-state index contributed by atoms with van der Waals surface area (Å²) in [7, 11) is -5.04. The van der Waals surface area contributed by atoms with Crippen LogP contribution >= 0.6 is 10.6 Å². The normalized spacial score (nSPS) is 12.2. The zero-order chi connectivity index (χ0) is 18.4. The minimum Gasteiger partial charge on any atom is -0.456 e. The van der Waals surface area contributed by atoms with Gasteiger partial charge in [0.2, 0.25) is 23.3 Å². The van der Waals surface area contributed by atoms with Gasteiger partial charge in [0, 0.05) is 0 Å². The molecule has 11 nitrogen and oxygen atoms in total. The lowest BCUT2D eigenvalue weighted by Crippen LogP contribution is -2.28. The van der Waals surface area contributed by atoms with Crippen molar-refractivity contribution in [3.8, 4) is 0 Å². The molecule has 0 fully saturated rings. The minimum atomic E-state index is -5.04. The average molecular weight is 365 g/mol. The van der Waals surface area contributed by atoms with Gasteiger partial charge < -0.3 is 4.42 Å². The second-order valence-corrected chi connectivity index (χ2v) is 7.12. The molecule has 0 N–H and O–H groups in total. The molecule has 0 spiro atoms. The highest BCUT2D eigenvalue weighted by Gasteiger charge is 2.67. The van der Waals surface area contributed by atoms with Crippen molar-refractivity contribution in [1.29, 1.82) is 0 Å². The maximum atomic E-state index is 12.7. The molecule has 0 aliphatic carbocycles. The fourth-order valence-electron chi connectivity index (χ4n) is 2.45. The van der Waals surface area contributed by atoms with Crippen LogP contribution in [0.5, 0.6) is 0 Å². The maximum Gasteiger partial charge on any atom is 0.577 e. The Morgan fingerprint density at radius 3 is 1.96 bits per heavy atom. The zero-order valence-corrected chi connectivity index (χ0v) is 12.9. The monoisotopic (exact) mass is 365 g/mol. The van der Waals surface area contributed by atoms with Crippen LogP contribution in [0.4, 0.5) is 0 Å². The second kappa shape index (κ2) is 5.52. The minimum absolute atomic E-state index is 0.00536. The summed E-state index contributed by atoms with van der Waals surface area (Å²) in [5.74, 6) is 0. The first-order valence-electron chi connectivity index (χ1n) is 6.53. The van der Waals surface area contributed by atoms with Crippen LogP contribution in [-0.2, 0) is 0 Å². The highest BCUT2D eigenvalue weighted by molar-refractivity contribution is 8.18. The molecule has 1 aromatic heterocycles. The Labute approximate surface area is 138 Å². The Morgan fingerprint density at radius 2 is 1.36 bits per heavy atom. The van der Waals surface area contributed by atoms with Gasteiger partial charge >= 0.3 is 10.6 Å². The van der Waals surface area contributed by atoms with Crippen LogP contribution < -0.4 is 5.43 Å². The summed E-state index contributed by atoms with van der Waals surface area (Å²) in [6.07, 6.45) is 0. The molecule has 1 heterocycles. The van der Waals surface area contributed by atoms with Crippen LogP contribution in [-0.4, -0.2) is 13.0 Å². The van der Waals surface area contributed by atoms with E-state index in [1.54, 1.807) is 6.07 Å². The molecule has 3 aromatic rings. The van der Waals surface area contributed by atoms with E-state index in [4.69, 9.17) is 4.42 Å². The zero-order valence-electron chi connectivity index (χ0n) is 12.1. The van der Waals surface area contributed by atoms with Crippen molar-refractivity contribution < 1.29 is 17.4 Å². The summed E-state index contributed by atoms with van der Waals surface area (Å²) in [5.41, 5.74) is -0.862. The van der Waals surface area contributed by atoms with Crippen molar-refractivity contribution in [1.82, 2.24) is 0 Å². The Bertz CT molecular complexity index is 1090. The van der Waals surface area contributed by atoms with Gasteiger partial charge in [-0.15, -0.1) is 0 Å². The molecule has 2 aromatic carbocycles. The summed E-state index contributed by atoms with van der Waals surface area (Å²) in [5, 5.41) is 33.5. The molecule has 0 amide bonds. The summed E-state index contributed by atoms with van der Waals surface area (Å²) in [4.78, 5) is 45.9. The summed E-state index contributed by atoms with van der Waals surface area (Å²) >= 11 is 0. The van der Waals surface area contributed by atoms with Gasteiger partial charge in [0.25, 0.3) is 0 Å². The molecular weight excluding hydrogens is 358 g/mol. The van der Waals surface area contributed by atoms with Gasteiger partial charge in [-0.1, -0.05) is 18.2 Å². The molecule has 0 saturated heterocycles. The lowest BCUT2D eigenvalue weighted by Gasteiger charge is -2.13. The third kappa shape index (κ3) is 2.11. The average Bonchev–Trinajstić information content (AvgIpc) is 2.54. The van der Waals surface area contributed by atoms with Gasteiger partial charge in [-0.2, -0.15) is 0 Å². The Kier molecular flexibility index (Phi) is 3.60. The predicted molar refractivity (Wildman–Crippen MR) is 86.8 cm³/mol. The van der Waals surface area contributed by atoms with Crippen LogP contribution in [0.1, 0.15) is 0 Å². The Hall–Kier alpha value is -3.54. The van der Waals surface area contributed by atoms with Gasteiger partial charge in [-0.25, -0.2) is 30.3 Å². The van der Waals surface area contributed by atoms with Crippen LogP contribution in [0.15, 0.2) is 56.6 Å². The Balaban J connectivity index is 2.58. The van der Waals surface area contributed by atoms with Gasteiger partial charge in [-0.3, -0.25) is 4.79 Å². The number of fused-ring (bicyclic) bond motifs is 2. The molecule has 12 heteroatoms. The molecule has 0 radical (unpaired) electrons. The molecular formula is C13H7N3O8S. The highest BCUT2D eigenvalue weighted by atomic mass is 32.3. The van der Waals surface area contributed by atoms with Gasteiger partial charge in [0.1, 0.15) is 11.2 Å². The predicted octanol–water partition coefficient (Wildman–Crippen LogP) is 2.68. The molecule has 0 unspecified atom stereocenters. The van der Waals surface area contributed by atoms with Crippen LogP contribution in [0.25, 0.3) is 21.9 Å². The lowest BCUT2D eigenvalue weighted by atomic mass is 10.1. The van der Waals surface area contributed by atoms with Crippen molar-refractivity contribution >= 4 is 32.5 Å². The van der Waals surface area contributed by atoms with Crippen molar-refractivity contribution in [2.45, 2.75) is 4.90 Å². The third-order valence-electron chi connectivity index (χ3n) is 3.49. The largest absolute Gasteiger partial charge is 0.577 e. The summed E-state index contributed by atoms with van der Waals surface area (Å²) < 4.78 is 0.770. The molecule has 0 aliphatic rings. The van der Waals surface area contributed by atoms with Crippen molar-refractivity contribution in [2.24, 2.45) is 0 Å². The van der Waals surface area contributed by atoms with Crippen LogP contribution in [0.3, 0.4) is 0 Å². The maximum absolute atomic E-state index is 12.7. The van der Waals surface area contributed by atoms with E-state index in [0.717, 1.165) is 12.1 Å². The van der Waals surface area contributed by atoms with Gasteiger partial charge in [-0.05, 0) is 24.3 Å². The summed E-state index contributed by atoms with van der Waals surface area (Å²) in [6, 6.07) is 9.16. The van der Waals surface area contributed by atoms with E-state index in [9.17, 15) is 35.1 Å². The number of rotatable bonds is 4. The number of hydrogen-bond donors (Lipinski definition) is 0. The number of hydrogen-bond acceptors (Lipinski definition) is 8. The van der Waals surface area contributed by atoms with E-state index in [1.807, 2.05) is 0 Å². The van der Waals surface area contributed by atoms with E-state index < -0.39 is 39.3 Å². The number of nitro groups is 3. The van der Waals surface area contributed by atoms with E-state index in [1.165, 1.54) is 24.3 Å². The lowest BCUT2D eigenvalue weighted by molar-refractivity contribution is -0.512. The molecule has 0 bridgehead atoms. The fraction of sp³-hybridized carbons (Fsp3) is 0. The highest BCUT2D eigenvalue weighted by Crippen LogP contribution is 2.57. The number of benzene rings is 2. The molecule has 0 aliphatic heterocycles. The topological polar surface area (TPSA) is 160 Å². The summed E-state index contributed by atoms with van der Waals surface area (Å²) in [6.45, 7) is 0. The SMILES string of the molecule is O=c1c2ccccc2oc2cccc(S([N+](=O)[O-])([N+](=O)[O-])[N+](=O)[O-])c12. The van der Waals surface area contributed by atoms with Gasteiger partial charge in [0.15, 0.2) is 0 Å². The Morgan fingerprint density at radius 1 is 0.800 bits per heavy atom. The van der Waals surface area contributed by atoms with E-state index in [-0.39, 0.29) is 16.6 Å². The first-order chi connectivity index (χ1) is 11.8. The van der Waals surface area contributed by atoms with Crippen molar-refractivity contribution in [2.75, 3.05) is 0 Å². The molecule has 3 rings (SSSR count). The number of nitrogens with zero attached hydrogens (tertiary/aromatic N) is 3. The first-order valence-corrected chi connectivity index (χ1v) is 8.03. The molecule has 128 valence electrons. The van der Waals surface area contributed by atoms with Crippen molar-refractivity contribution in [3.63, 3.8) is 0 Å². The molecule has 0 atom stereocenters. The van der Waals surface area contributed by atoms with Crippen LogP contribution in [0.2, 0.25) is 0 Å². The quantitative estimate of drug-likeness (QED) is 0.387. The standard InChI is InChI=1S/C13H7N3O8S/c17-13-8-4-1-2-5-9(8)24-10-6-3-7-11(12(10)13)25(14(18)19,15(20)21)16(22)23/h1-7H. The number of para-hydroxylation sites is 1. The third-order valence-corrected chi connectivity index (χ3v) is 5.66.